The molecule has 19 heavy (non-hydrogen) atoms. The summed E-state index contributed by atoms with van der Waals surface area (Å²) in [5.41, 5.74) is 2.40. The Labute approximate surface area is 111 Å². The summed E-state index contributed by atoms with van der Waals surface area (Å²) in [4.78, 5) is 4.52. The van der Waals surface area contributed by atoms with Crippen LogP contribution in [-0.4, -0.2) is 4.98 Å². The van der Waals surface area contributed by atoms with Gasteiger partial charge < -0.3 is 5.32 Å². The number of anilines is 2. The summed E-state index contributed by atoms with van der Waals surface area (Å²) < 4.78 is 0. The summed E-state index contributed by atoms with van der Waals surface area (Å²) in [7, 11) is 0. The SMILES string of the molecule is N#Cc1cc(Nc2ccccc2)nc2ccccc12. The Morgan fingerprint density at radius 1 is 0.947 bits per heavy atom. The van der Waals surface area contributed by atoms with Gasteiger partial charge in [-0.2, -0.15) is 5.26 Å². The van der Waals surface area contributed by atoms with Crippen molar-refractivity contribution in [2.45, 2.75) is 0 Å². The Bertz CT molecular complexity index is 758. The monoisotopic (exact) mass is 245 g/mol. The Kier molecular flexibility index (Phi) is 2.83. The van der Waals surface area contributed by atoms with E-state index in [-0.39, 0.29) is 0 Å². The predicted molar refractivity (Wildman–Crippen MR) is 76.2 cm³/mol. The van der Waals surface area contributed by atoms with Crippen LogP contribution >= 0.6 is 0 Å². The van der Waals surface area contributed by atoms with Crippen LogP contribution in [0, 0.1) is 11.3 Å². The highest BCUT2D eigenvalue weighted by molar-refractivity contribution is 5.86. The molecule has 1 heterocycles. The van der Waals surface area contributed by atoms with Gasteiger partial charge in [-0.15, -0.1) is 0 Å². The Morgan fingerprint density at radius 2 is 1.68 bits per heavy atom. The van der Waals surface area contributed by atoms with Gasteiger partial charge in [-0.25, -0.2) is 4.98 Å². The van der Waals surface area contributed by atoms with Gasteiger partial charge in [0.15, 0.2) is 0 Å². The van der Waals surface area contributed by atoms with Gasteiger partial charge >= 0.3 is 0 Å². The highest BCUT2D eigenvalue weighted by Crippen LogP contribution is 2.22. The molecule has 3 aromatic rings. The summed E-state index contributed by atoms with van der Waals surface area (Å²) in [6.45, 7) is 0. The minimum atomic E-state index is 0.629. The van der Waals surface area contributed by atoms with Gasteiger partial charge in [0.2, 0.25) is 0 Å². The van der Waals surface area contributed by atoms with Crippen LogP contribution in [0.5, 0.6) is 0 Å². The zero-order chi connectivity index (χ0) is 13.1. The molecule has 0 spiro atoms. The molecule has 0 fully saturated rings. The molecule has 0 aliphatic heterocycles. The first-order chi connectivity index (χ1) is 9.36. The number of aromatic nitrogens is 1. The van der Waals surface area contributed by atoms with Crippen LogP contribution in [0.2, 0.25) is 0 Å². The molecule has 0 atom stereocenters. The molecule has 0 radical (unpaired) electrons. The summed E-state index contributed by atoms with van der Waals surface area (Å²) in [5, 5.41) is 13.3. The molecular weight excluding hydrogens is 234 g/mol. The average molecular weight is 245 g/mol. The quantitative estimate of drug-likeness (QED) is 0.746. The van der Waals surface area contributed by atoms with E-state index >= 15 is 0 Å². The van der Waals surface area contributed by atoms with Crippen molar-refractivity contribution in [2.24, 2.45) is 0 Å². The van der Waals surface area contributed by atoms with E-state index in [2.05, 4.69) is 16.4 Å². The molecule has 0 saturated heterocycles. The van der Waals surface area contributed by atoms with Crippen LogP contribution in [0.1, 0.15) is 5.56 Å². The zero-order valence-corrected chi connectivity index (χ0v) is 10.2. The van der Waals surface area contributed by atoms with Crippen LogP contribution in [0.15, 0.2) is 60.7 Å². The molecule has 0 unspecified atom stereocenters. The molecule has 0 aliphatic rings. The number of benzene rings is 2. The minimum Gasteiger partial charge on any atom is -0.340 e. The van der Waals surface area contributed by atoms with Crippen molar-refractivity contribution in [3.05, 3.63) is 66.2 Å². The lowest BCUT2D eigenvalue weighted by Gasteiger charge is -2.07. The van der Waals surface area contributed by atoms with E-state index < -0.39 is 0 Å². The fourth-order valence-corrected chi connectivity index (χ4v) is 2.00. The van der Waals surface area contributed by atoms with E-state index in [9.17, 15) is 5.26 Å². The molecule has 3 heteroatoms. The fraction of sp³-hybridized carbons (Fsp3) is 0. The molecule has 90 valence electrons. The molecule has 0 saturated carbocycles. The molecule has 3 rings (SSSR count). The Balaban J connectivity index is 2.08. The highest BCUT2D eigenvalue weighted by atomic mass is 15.0. The standard InChI is InChI=1S/C16H11N3/c17-11-12-10-16(18-13-6-2-1-3-7-13)19-15-9-5-4-8-14(12)15/h1-10H,(H,18,19). The molecule has 1 N–H and O–H groups in total. The molecule has 0 bridgehead atoms. The minimum absolute atomic E-state index is 0.629. The van der Waals surface area contributed by atoms with Crippen LogP contribution < -0.4 is 5.32 Å². The van der Waals surface area contributed by atoms with Gasteiger partial charge in [0.25, 0.3) is 0 Å². The van der Waals surface area contributed by atoms with Gasteiger partial charge in [-0.05, 0) is 24.3 Å². The lowest BCUT2D eigenvalue weighted by Crippen LogP contribution is -1.95. The Hall–Kier alpha value is -2.86. The topological polar surface area (TPSA) is 48.7 Å². The summed E-state index contributed by atoms with van der Waals surface area (Å²) in [6, 6.07) is 21.4. The second-order valence-corrected chi connectivity index (χ2v) is 4.18. The number of rotatable bonds is 2. The lowest BCUT2D eigenvalue weighted by molar-refractivity contribution is 1.36. The van der Waals surface area contributed by atoms with Crippen molar-refractivity contribution in [1.29, 1.82) is 5.26 Å². The number of pyridine rings is 1. The number of hydrogen-bond donors (Lipinski definition) is 1. The van der Waals surface area contributed by atoms with Gasteiger partial charge in [-0.3, -0.25) is 0 Å². The normalized spacial score (nSPS) is 10.1. The van der Waals surface area contributed by atoms with E-state index in [1.807, 2.05) is 54.6 Å². The number of hydrogen-bond acceptors (Lipinski definition) is 3. The van der Waals surface area contributed by atoms with Gasteiger partial charge in [-0.1, -0.05) is 36.4 Å². The van der Waals surface area contributed by atoms with Crippen molar-refractivity contribution < 1.29 is 0 Å². The highest BCUT2D eigenvalue weighted by Gasteiger charge is 2.04. The van der Waals surface area contributed by atoms with Crippen LogP contribution in [-0.2, 0) is 0 Å². The van der Waals surface area contributed by atoms with Crippen molar-refractivity contribution >= 4 is 22.4 Å². The van der Waals surface area contributed by atoms with Gasteiger partial charge in [0.05, 0.1) is 17.1 Å². The third kappa shape index (κ3) is 2.24. The fourth-order valence-electron chi connectivity index (χ4n) is 2.00. The van der Waals surface area contributed by atoms with Crippen LogP contribution in [0.3, 0.4) is 0 Å². The number of nitrogens with zero attached hydrogens (tertiary/aromatic N) is 2. The van der Waals surface area contributed by atoms with Gasteiger partial charge in [0, 0.05) is 11.1 Å². The molecular formula is C16H11N3. The maximum atomic E-state index is 9.22. The molecule has 2 aromatic carbocycles. The van der Waals surface area contributed by atoms with Crippen molar-refractivity contribution in [3.8, 4) is 6.07 Å². The van der Waals surface area contributed by atoms with Crippen LogP contribution in [0.4, 0.5) is 11.5 Å². The second kappa shape index (κ2) is 4.79. The largest absolute Gasteiger partial charge is 0.340 e. The summed E-state index contributed by atoms with van der Waals surface area (Å²) in [6.07, 6.45) is 0. The van der Waals surface area contributed by atoms with E-state index in [1.54, 1.807) is 6.07 Å². The maximum absolute atomic E-state index is 9.22. The van der Waals surface area contributed by atoms with Crippen LogP contribution in [0.25, 0.3) is 10.9 Å². The number of fused-ring (bicyclic) bond motifs is 1. The first-order valence-electron chi connectivity index (χ1n) is 5.99. The number of nitrogens with one attached hydrogen (secondary N) is 1. The predicted octanol–water partition coefficient (Wildman–Crippen LogP) is 3.85. The van der Waals surface area contributed by atoms with Crippen molar-refractivity contribution in [1.82, 2.24) is 4.98 Å². The van der Waals surface area contributed by atoms with Crippen molar-refractivity contribution in [2.75, 3.05) is 5.32 Å². The molecule has 0 aliphatic carbocycles. The van der Waals surface area contributed by atoms with E-state index in [0.717, 1.165) is 16.6 Å². The molecule has 1 aromatic heterocycles. The number of para-hydroxylation sites is 2. The lowest BCUT2D eigenvalue weighted by atomic mass is 10.1. The summed E-state index contributed by atoms with van der Waals surface area (Å²) in [5.74, 6) is 0.682. The van der Waals surface area contributed by atoms with E-state index in [0.29, 0.717) is 11.4 Å². The third-order valence-electron chi connectivity index (χ3n) is 2.88. The summed E-state index contributed by atoms with van der Waals surface area (Å²) >= 11 is 0. The van der Waals surface area contributed by atoms with E-state index in [4.69, 9.17) is 0 Å². The number of nitriles is 1. The average Bonchev–Trinajstić information content (AvgIpc) is 2.47. The van der Waals surface area contributed by atoms with Crippen molar-refractivity contribution in [3.63, 3.8) is 0 Å². The second-order valence-electron chi connectivity index (χ2n) is 4.18. The van der Waals surface area contributed by atoms with E-state index in [1.165, 1.54) is 0 Å². The molecule has 3 nitrogen and oxygen atoms in total. The molecule has 0 amide bonds. The third-order valence-corrected chi connectivity index (χ3v) is 2.88. The smallest absolute Gasteiger partial charge is 0.132 e. The maximum Gasteiger partial charge on any atom is 0.132 e. The first-order valence-corrected chi connectivity index (χ1v) is 5.99. The zero-order valence-electron chi connectivity index (χ0n) is 10.2. The van der Waals surface area contributed by atoms with Gasteiger partial charge in [0.1, 0.15) is 5.82 Å². The Morgan fingerprint density at radius 3 is 2.47 bits per heavy atom. The first kappa shape index (κ1) is 11.2.